The molecule has 0 fully saturated rings. The molecule has 2 N–H and O–H groups in total. The van der Waals surface area contributed by atoms with Gasteiger partial charge in [-0.2, -0.15) is 0 Å². The molecular weight excluding hydrogens is 497 g/mol. The van der Waals surface area contributed by atoms with Crippen LogP contribution >= 0.6 is 46.1 Å². The van der Waals surface area contributed by atoms with E-state index in [4.69, 9.17) is 44.3 Å². The van der Waals surface area contributed by atoms with Crippen LogP contribution in [0.15, 0.2) is 36.1 Å². The van der Waals surface area contributed by atoms with Gasteiger partial charge < -0.3 is 20.1 Å². The Kier molecular flexibility index (Phi) is 6.52. The average Bonchev–Trinajstić information content (AvgIpc) is 3.24. The molecule has 0 radical (unpaired) electrons. The van der Waals surface area contributed by atoms with Gasteiger partial charge in [-0.1, -0.05) is 34.8 Å². The SMILES string of the molecule is COc1cc(OC)c(Cl)c(NC(=O)c2csc3c(Nc4ccc(Cl)cn4)ncnc23)c1Cl. The van der Waals surface area contributed by atoms with Crippen molar-refractivity contribution in [1.29, 1.82) is 0 Å². The van der Waals surface area contributed by atoms with Gasteiger partial charge in [0.05, 0.1) is 40.7 Å². The number of rotatable bonds is 6. The number of hydrogen-bond donors (Lipinski definition) is 2. The molecule has 32 heavy (non-hydrogen) atoms. The molecule has 164 valence electrons. The van der Waals surface area contributed by atoms with Crippen molar-refractivity contribution in [1.82, 2.24) is 15.0 Å². The van der Waals surface area contributed by atoms with Crippen molar-refractivity contribution < 1.29 is 14.3 Å². The van der Waals surface area contributed by atoms with Gasteiger partial charge >= 0.3 is 0 Å². The molecule has 0 spiro atoms. The predicted octanol–water partition coefficient (Wildman–Crippen LogP) is 6.06. The summed E-state index contributed by atoms with van der Waals surface area (Å²) in [6.07, 6.45) is 2.88. The fraction of sp³-hybridized carbons (Fsp3) is 0.100. The molecule has 8 nitrogen and oxygen atoms in total. The number of carbonyl (C=O) groups is 1. The first kappa shape index (κ1) is 22.3. The summed E-state index contributed by atoms with van der Waals surface area (Å²) in [6.45, 7) is 0. The van der Waals surface area contributed by atoms with Gasteiger partial charge in [-0.15, -0.1) is 11.3 Å². The minimum atomic E-state index is -0.454. The summed E-state index contributed by atoms with van der Waals surface area (Å²) in [6, 6.07) is 4.96. The number of anilines is 3. The van der Waals surface area contributed by atoms with E-state index >= 15 is 0 Å². The van der Waals surface area contributed by atoms with Gasteiger partial charge in [0.1, 0.15) is 33.7 Å². The molecule has 0 aliphatic heterocycles. The normalized spacial score (nSPS) is 10.8. The Morgan fingerprint density at radius 1 is 1.03 bits per heavy atom. The number of carbonyl (C=O) groups excluding carboxylic acids is 1. The second-order valence-corrected chi connectivity index (χ2v) is 8.35. The maximum atomic E-state index is 13.1. The summed E-state index contributed by atoms with van der Waals surface area (Å²) in [5.41, 5.74) is 0.959. The molecule has 0 unspecified atom stereocenters. The molecule has 4 rings (SSSR count). The molecule has 0 atom stereocenters. The third-order valence-electron chi connectivity index (χ3n) is 4.38. The molecule has 1 amide bonds. The van der Waals surface area contributed by atoms with Crippen LogP contribution in [0.3, 0.4) is 0 Å². The monoisotopic (exact) mass is 509 g/mol. The van der Waals surface area contributed by atoms with Gasteiger partial charge in [0.2, 0.25) is 0 Å². The number of aromatic nitrogens is 3. The summed E-state index contributed by atoms with van der Waals surface area (Å²) in [7, 11) is 2.90. The van der Waals surface area contributed by atoms with Gasteiger partial charge in [0.15, 0.2) is 5.82 Å². The topological polar surface area (TPSA) is 98.3 Å². The summed E-state index contributed by atoms with van der Waals surface area (Å²) in [4.78, 5) is 25.8. The Hall–Kier alpha value is -2.85. The maximum absolute atomic E-state index is 13.1. The van der Waals surface area contributed by atoms with Gasteiger partial charge in [-0.05, 0) is 12.1 Å². The molecule has 0 aliphatic carbocycles. The quantitative estimate of drug-likeness (QED) is 0.325. The Bertz CT molecular complexity index is 1290. The highest BCUT2D eigenvalue weighted by molar-refractivity contribution is 7.18. The van der Waals surface area contributed by atoms with Crippen LogP contribution in [0.2, 0.25) is 15.1 Å². The van der Waals surface area contributed by atoms with E-state index in [1.54, 1.807) is 17.5 Å². The van der Waals surface area contributed by atoms with Crippen molar-refractivity contribution in [3.63, 3.8) is 0 Å². The van der Waals surface area contributed by atoms with Crippen LogP contribution in [-0.4, -0.2) is 35.1 Å². The molecule has 3 aromatic heterocycles. The first-order chi connectivity index (χ1) is 15.4. The lowest BCUT2D eigenvalue weighted by atomic mass is 10.2. The van der Waals surface area contributed by atoms with E-state index in [9.17, 15) is 4.79 Å². The van der Waals surface area contributed by atoms with E-state index in [1.165, 1.54) is 44.1 Å². The van der Waals surface area contributed by atoms with Gasteiger partial charge in [-0.25, -0.2) is 15.0 Å². The molecule has 12 heteroatoms. The smallest absolute Gasteiger partial charge is 0.258 e. The van der Waals surface area contributed by atoms with E-state index in [0.29, 0.717) is 43.9 Å². The number of methoxy groups -OCH3 is 2. The fourth-order valence-corrected chi connectivity index (χ4v) is 4.50. The zero-order chi connectivity index (χ0) is 22.8. The third-order valence-corrected chi connectivity index (χ3v) is 6.33. The Labute approximate surface area is 201 Å². The van der Waals surface area contributed by atoms with Crippen LogP contribution in [0.1, 0.15) is 10.4 Å². The highest BCUT2D eigenvalue weighted by Crippen LogP contribution is 2.44. The van der Waals surface area contributed by atoms with Gasteiger partial charge in [0.25, 0.3) is 5.91 Å². The van der Waals surface area contributed by atoms with Gasteiger partial charge in [0, 0.05) is 17.6 Å². The van der Waals surface area contributed by atoms with Crippen LogP contribution in [0.5, 0.6) is 11.5 Å². The zero-order valence-electron chi connectivity index (χ0n) is 16.6. The Morgan fingerprint density at radius 3 is 2.38 bits per heavy atom. The number of thiophene rings is 1. The second-order valence-electron chi connectivity index (χ2n) is 6.27. The molecular formula is C20H14Cl3N5O3S. The Balaban J connectivity index is 1.68. The van der Waals surface area contributed by atoms with E-state index in [2.05, 4.69) is 25.6 Å². The van der Waals surface area contributed by atoms with Crippen LogP contribution < -0.4 is 20.1 Å². The highest BCUT2D eigenvalue weighted by Gasteiger charge is 2.22. The summed E-state index contributed by atoms with van der Waals surface area (Å²) in [5, 5.41) is 8.33. The minimum absolute atomic E-state index is 0.150. The molecule has 0 saturated heterocycles. The lowest BCUT2D eigenvalue weighted by Gasteiger charge is -2.15. The minimum Gasteiger partial charge on any atom is -0.495 e. The molecule has 0 bridgehead atoms. The number of nitrogens with zero attached hydrogens (tertiary/aromatic N) is 3. The maximum Gasteiger partial charge on any atom is 0.258 e. The van der Waals surface area contributed by atoms with Crippen molar-refractivity contribution in [3.05, 3.63) is 56.7 Å². The number of amides is 1. The zero-order valence-corrected chi connectivity index (χ0v) is 19.7. The largest absolute Gasteiger partial charge is 0.495 e. The predicted molar refractivity (Wildman–Crippen MR) is 127 cm³/mol. The number of nitrogens with one attached hydrogen (secondary N) is 2. The number of halogens is 3. The number of benzene rings is 1. The van der Waals surface area contributed by atoms with Crippen molar-refractivity contribution >= 4 is 79.6 Å². The van der Waals surface area contributed by atoms with E-state index in [-0.39, 0.29) is 15.7 Å². The standard InChI is InChI=1S/C20H14Cl3N5O3S/c1-30-11-5-12(31-2)15(23)17(14(11)22)28-20(29)10-7-32-18-16(10)25-8-26-19(18)27-13-4-3-9(21)6-24-13/h3-8H,1-2H3,(H,28,29)(H,24,25,26,27). The number of ether oxygens (including phenoxy) is 2. The fourth-order valence-electron chi connectivity index (χ4n) is 2.85. The van der Waals surface area contributed by atoms with E-state index < -0.39 is 5.91 Å². The second kappa shape index (κ2) is 9.33. The summed E-state index contributed by atoms with van der Waals surface area (Å²) in [5.74, 6) is 1.22. The van der Waals surface area contributed by atoms with Gasteiger partial charge in [-0.3, -0.25) is 4.79 Å². The van der Waals surface area contributed by atoms with E-state index in [1.807, 2.05) is 0 Å². The van der Waals surface area contributed by atoms with Crippen molar-refractivity contribution in [2.45, 2.75) is 0 Å². The molecule has 0 saturated carbocycles. The van der Waals surface area contributed by atoms with Crippen LogP contribution in [-0.2, 0) is 0 Å². The van der Waals surface area contributed by atoms with Crippen molar-refractivity contribution in [3.8, 4) is 11.5 Å². The number of pyridine rings is 1. The lowest BCUT2D eigenvalue weighted by Crippen LogP contribution is -2.13. The van der Waals surface area contributed by atoms with Crippen LogP contribution in [0, 0.1) is 0 Å². The van der Waals surface area contributed by atoms with Crippen molar-refractivity contribution in [2.75, 3.05) is 24.9 Å². The molecule has 0 aliphatic rings. The molecule has 1 aromatic carbocycles. The number of hydrogen-bond acceptors (Lipinski definition) is 8. The Morgan fingerprint density at radius 2 is 1.75 bits per heavy atom. The van der Waals surface area contributed by atoms with Crippen LogP contribution in [0.25, 0.3) is 10.2 Å². The first-order valence-corrected chi connectivity index (χ1v) is 11.0. The molecule has 4 aromatic rings. The highest BCUT2D eigenvalue weighted by atomic mass is 35.5. The van der Waals surface area contributed by atoms with Crippen LogP contribution in [0.4, 0.5) is 17.3 Å². The molecule has 3 heterocycles. The summed E-state index contributed by atoms with van der Waals surface area (Å²) < 4.78 is 11.2. The third kappa shape index (κ3) is 4.24. The first-order valence-electron chi connectivity index (χ1n) is 8.95. The van der Waals surface area contributed by atoms with E-state index in [0.717, 1.165) is 0 Å². The van der Waals surface area contributed by atoms with Crippen molar-refractivity contribution in [2.24, 2.45) is 0 Å². The lowest BCUT2D eigenvalue weighted by molar-refractivity contribution is 0.102. The summed E-state index contributed by atoms with van der Waals surface area (Å²) >= 11 is 19.9. The average molecular weight is 511 g/mol. The number of fused-ring (bicyclic) bond motifs is 1.